The SMILES string of the molecule is COc1cccc(-c2cc(NC(=O)C3(c4ccc5c(c4)OCO5)CC3)ccc2OC(F)(F)F)c1.[HH]. The molecule has 6 nitrogen and oxygen atoms in total. The maximum absolute atomic E-state index is 13.2. The van der Waals surface area contributed by atoms with Crippen molar-refractivity contribution < 1.29 is 38.3 Å². The van der Waals surface area contributed by atoms with Gasteiger partial charge in [0.05, 0.1) is 12.5 Å². The molecule has 5 rings (SSSR count). The molecule has 178 valence electrons. The Morgan fingerprint density at radius 3 is 2.56 bits per heavy atom. The van der Waals surface area contributed by atoms with Crippen LogP contribution in [0.1, 0.15) is 19.8 Å². The van der Waals surface area contributed by atoms with Crippen molar-refractivity contribution in [2.24, 2.45) is 0 Å². The van der Waals surface area contributed by atoms with Gasteiger partial charge in [-0.25, -0.2) is 0 Å². The van der Waals surface area contributed by atoms with Crippen molar-refractivity contribution in [1.29, 1.82) is 0 Å². The highest BCUT2D eigenvalue weighted by atomic mass is 19.4. The Balaban J connectivity index is 0.00000289. The van der Waals surface area contributed by atoms with E-state index in [9.17, 15) is 18.0 Å². The van der Waals surface area contributed by atoms with Crippen LogP contribution in [0.2, 0.25) is 0 Å². The summed E-state index contributed by atoms with van der Waals surface area (Å²) in [7, 11) is 1.47. The van der Waals surface area contributed by atoms with E-state index in [-0.39, 0.29) is 25.4 Å². The van der Waals surface area contributed by atoms with E-state index >= 15 is 0 Å². The first kappa shape index (κ1) is 21.9. The highest BCUT2D eigenvalue weighted by Crippen LogP contribution is 2.51. The summed E-state index contributed by atoms with van der Waals surface area (Å²) in [6, 6.07) is 16.0. The van der Waals surface area contributed by atoms with Gasteiger partial charge in [-0.3, -0.25) is 4.79 Å². The number of methoxy groups -OCH3 is 1. The Hall–Kier alpha value is -3.88. The number of hydrogen-bond donors (Lipinski definition) is 1. The molecule has 0 unspecified atom stereocenters. The van der Waals surface area contributed by atoms with Gasteiger partial charge in [-0.2, -0.15) is 0 Å². The average molecular weight is 473 g/mol. The summed E-state index contributed by atoms with van der Waals surface area (Å²) >= 11 is 0. The maximum atomic E-state index is 13.2. The molecule has 2 aliphatic rings. The van der Waals surface area contributed by atoms with Gasteiger partial charge in [0, 0.05) is 12.7 Å². The molecular weight excluding hydrogens is 451 g/mol. The molecule has 1 heterocycles. The Kier molecular flexibility index (Phi) is 5.27. The van der Waals surface area contributed by atoms with Gasteiger partial charge in [-0.1, -0.05) is 18.2 Å². The third kappa shape index (κ3) is 4.21. The van der Waals surface area contributed by atoms with Crippen molar-refractivity contribution in [3.63, 3.8) is 0 Å². The fourth-order valence-electron chi connectivity index (χ4n) is 4.05. The second-order valence-electron chi connectivity index (χ2n) is 8.09. The predicted molar refractivity (Wildman–Crippen MR) is 119 cm³/mol. The number of alkyl halides is 3. The van der Waals surface area contributed by atoms with Crippen molar-refractivity contribution >= 4 is 11.6 Å². The van der Waals surface area contributed by atoms with E-state index in [2.05, 4.69) is 10.1 Å². The molecule has 9 heteroatoms. The molecule has 1 amide bonds. The Labute approximate surface area is 194 Å². The molecule has 1 saturated carbocycles. The van der Waals surface area contributed by atoms with Crippen LogP contribution in [-0.4, -0.2) is 26.2 Å². The minimum Gasteiger partial charge on any atom is -0.497 e. The number of amides is 1. The molecular formula is C25H22F3NO5. The summed E-state index contributed by atoms with van der Waals surface area (Å²) in [4.78, 5) is 13.2. The Morgan fingerprint density at radius 1 is 1.03 bits per heavy atom. The number of anilines is 1. The van der Waals surface area contributed by atoms with Crippen LogP contribution in [0, 0.1) is 0 Å². The van der Waals surface area contributed by atoms with Crippen LogP contribution in [0.25, 0.3) is 11.1 Å². The standard InChI is InChI=1S/C25H20F3NO5.H2/c1-31-18-4-2-3-15(11-18)19-13-17(6-8-20(19)34-25(26,27)28)29-23(30)24(9-10-24)16-5-7-21-22(12-16)33-14-32-21;/h2-8,11-13H,9-10,14H2,1H3,(H,29,30);1H. The number of ether oxygens (including phenoxy) is 4. The van der Waals surface area contributed by atoms with Crippen LogP contribution < -0.4 is 24.3 Å². The molecule has 3 aromatic rings. The third-order valence-electron chi connectivity index (χ3n) is 5.95. The Bertz CT molecular complexity index is 1260. The van der Waals surface area contributed by atoms with Gasteiger partial charge in [0.2, 0.25) is 12.7 Å². The smallest absolute Gasteiger partial charge is 0.497 e. The van der Waals surface area contributed by atoms with Gasteiger partial charge in [0.25, 0.3) is 0 Å². The lowest BCUT2D eigenvalue weighted by atomic mass is 9.94. The average Bonchev–Trinajstić information content (AvgIpc) is 3.50. The van der Waals surface area contributed by atoms with Crippen molar-refractivity contribution in [3.05, 3.63) is 66.2 Å². The summed E-state index contributed by atoms with van der Waals surface area (Å²) in [6.45, 7) is 0.136. The molecule has 1 fully saturated rings. The molecule has 0 saturated heterocycles. The van der Waals surface area contributed by atoms with Crippen molar-refractivity contribution in [2.45, 2.75) is 24.6 Å². The summed E-state index contributed by atoms with van der Waals surface area (Å²) < 4.78 is 59.2. The summed E-state index contributed by atoms with van der Waals surface area (Å²) in [5.41, 5.74) is 1.05. The highest BCUT2D eigenvalue weighted by Gasteiger charge is 2.51. The molecule has 1 aliphatic heterocycles. The second kappa shape index (κ2) is 8.16. The van der Waals surface area contributed by atoms with E-state index in [0.717, 1.165) is 5.56 Å². The van der Waals surface area contributed by atoms with E-state index in [4.69, 9.17) is 14.2 Å². The molecule has 0 spiro atoms. The zero-order valence-electron chi connectivity index (χ0n) is 18.1. The molecule has 1 N–H and O–H groups in total. The molecule has 0 aromatic heterocycles. The van der Waals surface area contributed by atoms with Crippen LogP contribution in [0.3, 0.4) is 0 Å². The van der Waals surface area contributed by atoms with Gasteiger partial charge < -0.3 is 24.3 Å². The maximum Gasteiger partial charge on any atom is 0.573 e. The number of benzene rings is 3. The number of carbonyl (C=O) groups is 1. The van der Waals surface area contributed by atoms with Crippen LogP contribution in [-0.2, 0) is 10.2 Å². The zero-order valence-corrected chi connectivity index (χ0v) is 18.1. The zero-order chi connectivity index (χ0) is 23.9. The van der Waals surface area contributed by atoms with E-state index < -0.39 is 11.8 Å². The van der Waals surface area contributed by atoms with Crippen molar-refractivity contribution in [1.82, 2.24) is 0 Å². The minimum atomic E-state index is -4.87. The van der Waals surface area contributed by atoms with Gasteiger partial charge in [0.1, 0.15) is 11.5 Å². The fourth-order valence-corrected chi connectivity index (χ4v) is 4.05. The van der Waals surface area contributed by atoms with E-state index in [0.29, 0.717) is 41.3 Å². The minimum absolute atomic E-state index is 0. The van der Waals surface area contributed by atoms with Crippen molar-refractivity contribution in [3.8, 4) is 34.1 Å². The van der Waals surface area contributed by atoms with Crippen LogP contribution in [0.5, 0.6) is 23.0 Å². The molecule has 0 radical (unpaired) electrons. The van der Waals surface area contributed by atoms with E-state index in [1.54, 1.807) is 36.4 Å². The number of halogens is 3. The largest absolute Gasteiger partial charge is 0.573 e. The molecule has 3 aromatic carbocycles. The number of nitrogens with one attached hydrogen (secondary N) is 1. The first-order valence-electron chi connectivity index (χ1n) is 10.5. The lowest BCUT2D eigenvalue weighted by Gasteiger charge is -2.18. The molecule has 34 heavy (non-hydrogen) atoms. The van der Waals surface area contributed by atoms with Crippen LogP contribution in [0.15, 0.2) is 60.7 Å². The highest BCUT2D eigenvalue weighted by molar-refractivity contribution is 6.02. The summed E-state index contributed by atoms with van der Waals surface area (Å²) in [5, 5.41) is 2.86. The van der Waals surface area contributed by atoms with Gasteiger partial charge >= 0.3 is 6.36 Å². The van der Waals surface area contributed by atoms with E-state index in [1.165, 1.54) is 25.3 Å². The van der Waals surface area contributed by atoms with E-state index in [1.807, 2.05) is 6.07 Å². The number of fused-ring (bicyclic) bond motifs is 1. The molecule has 0 atom stereocenters. The lowest BCUT2D eigenvalue weighted by molar-refractivity contribution is -0.274. The lowest BCUT2D eigenvalue weighted by Crippen LogP contribution is -2.27. The quantitative estimate of drug-likeness (QED) is 0.483. The predicted octanol–water partition coefficient (Wildman–Crippen LogP) is 5.91. The second-order valence-corrected chi connectivity index (χ2v) is 8.09. The van der Waals surface area contributed by atoms with Crippen LogP contribution >= 0.6 is 0 Å². The normalized spacial score (nSPS) is 15.5. The van der Waals surface area contributed by atoms with Gasteiger partial charge in [0.15, 0.2) is 11.5 Å². The van der Waals surface area contributed by atoms with Crippen molar-refractivity contribution in [2.75, 3.05) is 19.2 Å². The molecule has 1 aliphatic carbocycles. The monoisotopic (exact) mass is 473 g/mol. The summed E-state index contributed by atoms with van der Waals surface area (Å²) in [5.74, 6) is 1.07. The molecule has 0 bridgehead atoms. The van der Waals surface area contributed by atoms with Crippen LogP contribution in [0.4, 0.5) is 18.9 Å². The van der Waals surface area contributed by atoms with Gasteiger partial charge in [-0.05, 0) is 66.4 Å². The number of hydrogen-bond acceptors (Lipinski definition) is 5. The number of rotatable bonds is 6. The fraction of sp³-hybridized carbons (Fsp3) is 0.240. The third-order valence-corrected chi connectivity index (χ3v) is 5.95. The topological polar surface area (TPSA) is 66.0 Å². The first-order chi connectivity index (χ1) is 16.3. The summed E-state index contributed by atoms with van der Waals surface area (Å²) in [6.07, 6.45) is -3.57. The Morgan fingerprint density at radius 2 is 1.82 bits per heavy atom. The van der Waals surface area contributed by atoms with Gasteiger partial charge in [-0.15, -0.1) is 13.2 Å². The first-order valence-corrected chi connectivity index (χ1v) is 10.5. The number of carbonyl (C=O) groups excluding carboxylic acids is 1.